The lowest BCUT2D eigenvalue weighted by atomic mass is 10.1. The number of methoxy groups -OCH3 is 1. The van der Waals surface area contributed by atoms with E-state index in [0.717, 1.165) is 10.0 Å². The maximum Gasteiger partial charge on any atom is 0.167 e. The molecule has 0 atom stereocenters. The largest absolute Gasteiger partial charge is 0.493 e. The minimum Gasteiger partial charge on any atom is -0.493 e. The van der Waals surface area contributed by atoms with Gasteiger partial charge in [0.1, 0.15) is 6.61 Å². The van der Waals surface area contributed by atoms with E-state index in [0.29, 0.717) is 49.4 Å². The van der Waals surface area contributed by atoms with Crippen molar-refractivity contribution in [1.29, 1.82) is 0 Å². The van der Waals surface area contributed by atoms with Gasteiger partial charge in [0.2, 0.25) is 0 Å². The van der Waals surface area contributed by atoms with Gasteiger partial charge in [0.25, 0.3) is 0 Å². The van der Waals surface area contributed by atoms with Crippen LogP contribution in [-0.4, -0.2) is 7.11 Å². The van der Waals surface area contributed by atoms with Gasteiger partial charge in [0, 0.05) is 37.2 Å². The van der Waals surface area contributed by atoms with Gasteiger partial charge in [-0.2, -0.15) is 0 Å². The third kappa shape index (κ3) is 5.44. The van der Waals surface area contributed by atoms with Crippen LogP contribution in [0.1, 0.15) is 11.1 Å². The molecule has 0 fully saturated rings. The highest BCUT2D eigenvalue weighted by molar-refractivity contribution is 9.10. The summed E-state index contributed by atoms with van der Waals surface area (Å²) in [5, 5.41) is 5.52. The van der Waals surface area contributed by atoms with Crippen molar-refractivity contribution in [3.63, 3.8) is 0 Å². The molecule has 0 aromatic heterocycles. The minimum atomic E-state index is 0.191. The maximum absolute atomic E-state index is 6.27. The van der Waals surface area contributed by atoms with Gasteiger partial charge >= 0.3 is 0 Å². The predicted molar refractivity (Wildman–Crippen MR) is 125 cm³/mol. The first-order valence-electron chi connectivity index (χ1n) is 8.50. The van der Waals surface area contributed by atoms with Crippen LogP contribution in [0.3, 0.4) is 0 Å². The van der Waals surface area contributed by atoms with Crippen LogP contribution in [0.15, 0.2) is 53.0 Å². The Morgan fingerprint density at radius 1 is 0.897 bits per heavy atom. The second-order valence-electron chi connectivity index (χ2n) is 6.02. The Labute approximate surface area is 197 Å². The molecule has 1 N–H and O–H groups in total. The molecule has 0 saturated heterocycles. The summed E-state index contributed by atoms with van der Waals surface area (Å²) in [6.45, 7) is 0.611. The minimum absolute atomic E-state index is 0.191. The van der Waals surface area contributed by atoms with Gasteiger partial charge in [0.15, 0.2) is 11.5 Å². The van der Waals surface area contributed by atoms with Gasteiger partial charge in [0.05, 0.1) is 17.8 Å². The van der Waals surface area contributed by atoms with Crippen LogP contribution < -0.4 is 14.8 Å². The highest BCUT2D eigenvalue weighted by Gasteiger charge is 2.17. The van der Waals surface area contributed by atoms with Crippen molar-refractivity contribution < 1.29 is 9.47 Å². The summed E-state index contributed by atoms with van der Waals surface area (Å²) in [6, 6.07) is 14.3. The molecule has 0 aliphatic carbocycles. The summed E-state index contributed by atoms with van der Waals surface area (Å²) in [4.78, 5) is 0. The Morgan fingerprint density at radius 2 is 1.62 bits per heavy atom. The van der Waals surface area contributed by atoms with Crippen molar-refractivity contribution in [2.45, 2.75) is 13.2 Å². The monoisotopic (exact) mass is 533 g/mol. The van der Waals surface area contributed by atoms with E-state index in [-0.39, 0.29) is 6.61 Å². The lowest BCUT2D eigenvalue weighted by Crippen LogP contribution is -2.07. The third-order valence-corrected chi connectivity index (χ3v) is 6.21. The van der Waals surface area contributed by atoms with E-state index in [2.05, 4.69) is 21.2 Å². The SMILES string of the molecule is COc1ccc(Br)c(CNc2cc(Cl)ccc2Cl)c1OCc1c(Cl)cccc1Cl. The van der Waals surface area contributed by atoms with Crippen LogP contribution in [0, 0.1) is 0 Å². The lowest BCUT2D eigenvalue weighted by molar-refractivity contribution is 0.281. The zero-order chi connectivity index (χ0) is 21.0. The first kappa shape index (κ1) is 22.4. The van der Waals surface area contributed by atoms with E-state index in [4.69, 9.17) is 55.9 Å². The number of anilines is 1. The molecule has 0 heterocycles. The molecule has 0 radical (unpaired) electrons. The molecule has 8 heteroatoms. The molecule has 0 aliphatic rings. The third-order valence-electron chi connectivity index (χ3n) is 4.19. The number of benzene rings is 3. The van der Waals surface area contributed by atoms with Gasteiger partial charge in [-0.25, -0.2) is 0 Å². The van der Waals surface area contributed by atoms with Crippen molar-refractivity contribution in [1.82, 2.24) is 0 Å². The van der Waals surface area contributed by atoms with Gasteiger partial charge in [-0.15, -0.1) is 0 Å². The van der Waals surface area contributed by atoms with Crippen molar-refractivity contribution in [2.75, 3.05) is 12.4 Å². The Balaban J connectivity index is 1.89. The van der Waals surface area contributed by atoms with Crippen LogP contribution in [0.5, 0.6) is 11.5 Å². The molecule has 3 nitrogen and oxygen atoms in total. The van der Waals surface area contributed by atoms with Crippen molar-refractivity contribution >= 4 is 68.0 Å². The molecule has 152 valence electrons. The normalized spacial score (nSPS) is 10.7. The number of nitrogens with one attached hydrogen (secondary N) is 1. The second-order valence-corrected chi connectivity index (χ2v) is 8.54. The van der Waals surface area contributed by atoms with Crippen molar-refractivity contribution in [3.8, 4) is 11.5 Å². The van der Waals surface area contributed by atoms with Gasteiger partial charge in [-0.1, -0.05) is 68.4 Å². The van der Waals surface area contributed by atoms with Crippen LogP contribution in [0.4, 0.5) is 5.69 Å². The van der Waals surface area contributed by atoms with E-state index < -0.39 is 0 Å². The number of halogens is 5. The molecule has 0 amide bonds. The number of ether oxygens (including phenoxy) is 2. The standard InChI is InChI=1S/C21H16BrCl4NO2/c1-28-20-8-6-15(22)13(10-27-19-9-12(23)5-7-18(19)26)21(20)29-11-14-16(24)3-2-4-17(14)25/h2-9,27H,10-11H2,1H3. The van der Waals surface area contributed by atoms with Gasteiger partial charge in [-0.3, -0.25) is 0 Å². The molecule has 0 saturated carbocycles. The van der Waals surface area contributed by atoms with E-state index in [1.54, 1.807) is 43.5 Å². The predicted octanol–water partition coefficient (Wildman–Crippen LogP) is 8.26. The van der Waals surface area contributed by atoms with E-state index in [1.807, 2.05) is 12.1 Å². The second kappa shape index (κ2) is 10.1. The van der Waals surface area contributed by atoms with Crippen molar-refractivity contribution in [3.05, 3.63) is 84.2 Å². The summed E-state index contributed by atoms with van der Waals surface area (Å²) in [7, 11) is 1.59. The molecule has 29 heavy (non-hydrogen) atoms. The van der Waals surface area contributed by atoms with Crippen LogP contribution in [0.25, 0.3) is 0 Å². The number of hydrogen-bond donors (Lipinski definition) is 1. The fourth-order valence-electron chi connectivity index (χ4n) is 2.70. The lowest BCUT2D eigenvalue weighted by Gasteiger charge is -2.18. The Kier molecular flexibility index (Phi) is 7.83. The molecule has 0 unspecified atom stereocenters. The summed E-state index contributed by atoms with van der Waals surface area (Å²) in [5.41, 5.74) is 2.27. The number of hydrogen-bond acceptors (Lipinski definition) is 3. The first-order valence-corrected chi connectivity index (χ1v) is 10.8. The van der Waals surface area contributed by atoms with Crippen LogP contribution >= 0.6 is 62.3 Å². The highest BCUT2D eigenvalue weighted by Crippen LogP contribution is 2.38. The maximum atomic E-state index is 6.27. The van der Waals surface area contributed by atoms with Gasteiger partial charge < -0.3 is 14.8 Å². The zero-order valence-corrected chi connectivity index (χ0v) is 19.8. The summed E-state index contributed by atoms with van der Waals surface area (Å²) >= 11 is 28.5. The summed E-state index contributed by atoms with van der Waals surface area (Å²) in [6.07, 6.45) is 0. The van der Waals surface area contributed by atoms with Crippen molar-refractivity contribution in [2.24, 2.45) is 0 Å². The topological polar surface area (TPSA) is 30.5 Å². The zero-order valence-electron chi connectivity index (χ0n) is 15.2. The number of rotatable bonds is 7. The summed E-state index contributed by atoms with van der Waals surface area (Å²) < 4.78 is 12.5. The molecule has 0 aliphatic heterocycles. The molecule has 0 bridgehead atoms. The fraction of sp³-hybridized carbons (Fsp3) is 0.143. The van der Waals surface area contributed by atoms with Gasteiger partial charge in [-0.05, 0) is 42.5 Å². The van der Waals surface area contributed by atoms with E-state index in [9.17, 15) is 0 Å². The Bertz CT molecular complexity index is 1010. The average molecular weight is 536 g/mol. The molecule has 3 rings (SSSR count). The molecular formula is C21H16BrCl4NO2. The molecule has 3 aromatic rings. The summed E-state index contributed by atoms with van der Waals surface area (Å²) in [5.74, 6) is 1.16. The molecule has 0 spiro atoms. The average Bonchev–Trinajstić information content (AvgIpc) is 2.69. The fourth-order valence-corrected chi connectivity index (χ4v) is 4.01. The van der Waals surface area contributed by atoms with E-state index in [1.165, 1.54) is 0 Å². The van der Waals surface area contributed by atoms with E-state index >= 15 is 0 Å². The highest BCUT2D eigenvalue weighted by atomic mass is 79.9. The van der Waals surface area contributed by atoms with Crippen LogP contribution in [0.2, 0.25) is 20.1 Å². The smallest absolute Gasteiger partial charge is 0.167 e. The molecular weight excluding hydrogens is 520 g/mol. The Hall–Kier alpha value is -1.30. The Morgan fingerprint density at radius 3 is 2.31 bits per heavy atom. The quantitative estimate of drug-likeness (QED) is 0.330. The molecule has 3 aromatic carbocycles. The first-order chi connectivity index (χ1) is 13.9. The van der Waals surface area contributed by atoms with Crippen LogP contribution in [-0.2, 0) is 13.2 Å².